The van der Waals surface area contributed by atoms with Crippen molar-refractivity contribution in [2.75, 3.05) is 4.90 Å². The number of nitriles is 1. The Morgan fingerprint density at radius 2 is 2.00 bits per heavy atom. The number of benzene rings is 1. The number of primary amides is 1. The number of nitrogens with zero attached hydrogens (tertiary/aromatic N) is 3. The van der Waals surface area contributed by atoms with E-state index in [1.54, 1.807) is 42.7 Å². The number of amides is 1. The van der Waals surface area contributed by atoms with Crippen LogP contribution < -0.4 is 10.6 Å². The Morgan fingerprint density at radius 1 is 1.29 bits per heavy atom. The van der Waals surface area contributed by atoms with Crippen LogP contribution in [0.25, 0.3) is 6.08 Å². The standard InChI is InChI=1S/C21H17ClN4O2/c1-12(27)19-18(13-6-8-25-9-7-13)21(11-23,20(24)28)17-5-2-14-10-15(22)3-4-16(14)26(17)19/h2-10,17-19H,1H3,(H2,24,28)/t17-,18-,19-,21+/m1/s1. The number of nitrogens with two attached hydrogens (primary N) is 1. The van der Waals surface area contributed by atoms with Gasteiger partial charge in [0.2, 0.25) is 5.91 Å². The van der Waals surface area contributed by atoms with Gasteiger partial charge in [0, 0.05) is 29.0 Å². The first-order valence-electron chi connectivity index (χ1n) is 8.79. The van der Waals surface area contributed by atoms with Crippen LogP contribution in [0.3, 0.4) is 0 Å². The summed E-state index contributed by atoms with van der Waals surface area (Å²) in [4.78, 5) is 31.4. The van der Waals surface area contributed by atoms with Gasteiger partial charge in [-0.25, -0.2) is 0 Å². The van der Waals surface area contributed by atoms with Crippen molar-refractivity contribution in [1.82, 2.24) is 4.98 Å². The quantitative estimate of drug-likeness (QED) is 0.865. The third-order valence-corrected chi connectivity index (χ3v) is 5.91. The summed E-state index contributed by atoms with van der Waals surface area (Å²) < 4.78 is 0. The molecule has 2 N–H and O–H groups in total. The number of rotatable bonds is 3. The lowest BCUT2D eigenvalue weighted by atomic mass is 9.68. The van der Waals surface area contributed by atoms with Crippen LogP contribution >= 0.6 is 11.6 Å². The van der Waals surface area contributed by atoms with Crippen LogP contribution in [0, 0.1) is 16.7 Å². The van der Waals surface area contributed by atoms with E-state index in [4.69, 9.17) is 17.3 Å². The number of halogens is 1. The molecule has 4 rings (SSSR count). The molecule has 7 heteroatoms. The number of hydrogen-bond donors (Lipinski definition) is 1. The zero-order chi connectivity index (χ0) is 20.1. The lowest BCUT2D eigenvalue weighted by molar-refractivity contribution is -0.125. The van der Waals surface area contributed by atoms with E-state index in [9.17, 15) is 14.9 Å². The molecule has 2 aromatic rings. The van der Waals surface area contributed by atoms with E-state index in [-0.39, 0.29) is 5.78 Å². The number of hydrogen-bond acceptors (Lipinski definition) is 5. The van der Waals surface area contributed by atoms with Crippen molar-refractivity contribution >= 4 is 35.1 Å². The van der Waals surface area contributed by atoms with Crippen LogP contribution in [-0.2, 0) is 9.59 Å². The third kappa shape index (κ3) is 2.36. The minimum absolute atomic E-state index is 0.151. The average molecular weight is 393 g/mol. The molecule has 1 amide bonds. The highest BCUT2D eigenvalue weighted by Crippen LogP contribution is 2.55. The number of aromatic nitrogens is 1. The van der Waals surface area contributed by atoms with E-state index < -0.39 is 29.3 Å². The molecule has 0 bridgehead atoms. The summed E-state index contributed by atoms with van der Waals surface area (Å²) in [5.41, 5.74) is 6.45. The van der Waals surface area contributed by atoms with Crippen molar-refractivity contribution < 1.29 is 9.59 Å². The summed E-state index contributed by atoms with van der Waals surface area (Å²) >= 11 is 6.12. The van der Waals surface area contributed by atoms with Crippen LogP contribution in [0.15, 0.2) is 48.8 Å². The van der Waals surface area contributed by atoms with Crippen LogP contribution in [-0.4, -0.2) is 28.8 Å². The third-order valence-electron chi connectivity index (χ3n) is 5.67. The first kappa shape index (κ1) is 18.2. The van der Waals surface area contributed by atoms with Crippen molar-refractivity contribution in [2.45, 2.75) is 24.9 Å². The van der Waals surface area contributed by atoms with Gasteiger partial charge in [0.15, 0.2) is 11.2 Å². The second-order valence-corrected chi connectivity index (χ2v) is 7.51. The molecule has 6 nitrogen and oxygen atoms in total. The Bertz CT molecular complexity index is 1050. The van der Waals surface area contributed by atoms with Gasteiger partial charge in [-0.15, -0.1) is 0 Å². The normalized spacial score (nSPS) is 27.6. The summed E-state index contributed by atoms with van der Waals surface area (Å²) in [5.74, 6) is -1.63. The monoisotopic (exact) mass is 392 g/mol. The van der Waals surface area contributed by atoms with Crippen molar-refractivity contribution in [3.8, 4) is 6.07 Å². The highest BCUT2D eigenvalue weighted by atomic mass is 35.5. The fraction of sp³-hybridized carbons (Fsp3) is 0.238. The molecule has 0 radical (unpaired) electrons. The van der Waals surface area contributed by atoms with E-state index in [0.717, 1.165) is 11.3 Å². The molecule has 4 atom stereocenters. The topological polar surface area (TPSA) is 100 Å². The summed E-state index contributed by atoms with van der Waals surface area (Å²) in [7, 11) is 0. The van der Waals surface area contributed by atoms with Gasteiger partial charge >= 0.3 is 0 Å². The Balaban J connectivity index is 2.03. The maximum absolute atomic E-state index is 12.8. The van der Waals surface area contributed by atoms with E-state index >= 15 is 0 Å². The number of fused-ring (bicyclic) bond motifs is 3. The zero-order valence-corrected chi connectivity index (χ0v) is 15.8. The Morgan fingerprint density at radius 3 is 2.61 bits per heavy atom. The largest absolute Gasteiger partial charge is 0.368 e. The van der Waals surface area contributed by atoms with Gasteiger partial charge in [-0.2, -0.15) is 5.26 Å². The molecule has 1 aromatic carbocycles. The molecule has 1 aromatic heterocycles. The van der Waals surface area contributed by atoms with Crippen molar-refractivity contribution in [2.24, 2.45) is 11.1 Å². The Hall–Kier alpha value is -3.17. The van der Waals surface area contributed by atoms with Crippen molar-refractivity contribution in [3.63, 3.8) is 0 Å². The summed E-state index contributed by atoms with van der Waals surface area (Å²) in [6.45, 7) is 1.47. The fourth-order valence-electron chi connectivity index (χ4n) is 4.56. The van der Waals surface area contributed by atoms with Gasteiger partial charge in [0.05, 0.1) is 18.2 Å². The Kier molecular flexibility index (Phi) is 4.20. The highest BCUT2D eigenvalue weighted by Gasteiger charge is 2.65. The molecule has 3 heterocycles. The molecule has 0 aliphatic carbocycles. The van der Waals surface area contributed by atoms with Gasteiger partial charge < -0.3 is 10.6 Å². The second-order valence-electron chi connectivity index (χ2n) is 7.07. The number of ketones is 1. The van der Waals surface area contributed by atoms with E-state index in [2.05, 4.69) is 11.1 Å². The van der Waals surface area contributed by atoms with Gasteiger partial charge in [-0.05, 0) is 48.4 Å². The van der Waals surface area contributed by atoms with Gasteiger partial charge in [-0.1, -0.05) is 23.8 Å². The fourth-order valence-corrected chi connectivity index (χ4v) is 4.74. The summed E-state index contributed by atoms with van der Waals surface area (Å²) in [6.07, 6.45) is 6.75. The van der Waals surface area contributed by atoms with Crippen LogP contribution in [0.2, 0.25) is 5.02 Å². The first-order valence-corrected chi connectivity index (χ1v) is 9.17. The van der Waals surface area contributed by atoms with Crippen LogP contribution in [0.5, 0.6) is 0 Å². The Labute approximate surface area is 167 Å². The van der Waals surface area contributed by atoms with E-state index in [0.29, 0.717) is 10.6 Å². The molecule has 140 valence electrons. The maximum atomic E-state index is 12.8. The molecule has 2 aliphatic rings. The minimum atomic E-state index is -1.61. The van der Waals surface area contributed by atoms with Gasteiger partial charge in [-0.3, -0.25) is 14.6 Å². The van der Waals surface area contributed by atoms with Crippen molar-refractivity contribution in [1.29, 1.82) is 5.26 Å². The molecule has 1 fully saturated rings. The molecular weight excluding hydrogens is 376 g/mol. The molecular formula is C21H17ClN4O2. The zero-order valence-electron chi connectivity index (χ0n) is 15.0. The highest BCUT2D eigenvalue weighted by molar-refractivity contribution is 6.30. The first-order chi connectivity index (χ1) is 13.4. The number of carbonyl (C=O) groups excluding carboxylic acids is 2. The second kappa shape index (κ2) is 6.47. The molecule has 1 saturated heterocycles. The van der Waals surface area contributed by atoms with Crippen LogP contribution in [0.1, 0.15) is 24.0 Å². The SMILES string of the molecule is CC(=O)[C@@H]1[C@@H](c2ccncc2)[C@@](C#N)(C(N)=O)[C@H]2C=Cc3cc(Cl)ccc3N12. The molecule has 0 spiro atoms. The molecule has 0 saturated carbocycles. The van der Waals surface area contributed by atoms with Crippen molar-refractivity contribution in [3.05, 3.63) is 65.0 Å². The predicted molar refractivity (Wildman–Crippen MR) is 105 cm³/mol. The lowest BCUT2D eigenvalue weighted by Gasteiger charge is -2.36. The smallest absolute Gasteiger partial charge is 0.241 e. The van der Waals surface area contributed by atoms with Gasteiger partial charge in [0.25, 0.3) is 0 Å². The minimum Gasteiger partial charge on any atom is -0.368 e. The molecule has 2 aliphatic heterocycles. The van der Waals surface area contributed by atoms with E-state index in [1.165, 1.54) is 6.92 Å². The number of anilines is 1. The number of pyridine rings is 1. The predicted octanol–water partition coefficient (Wildman–Crippen LogP) is 2.69. The van der Waals surface area contributed by atoms with E-state index in [1.807, 2.05) is 17.0 Å². The number of Topliss-reactive ketones (excluding diaryl/α,β-unsaturated/α-hetero) is 1. The summed E-state index contributed by atoms with van der Waals surface area (Å²) in [5, 5.41) is 10.8. The average Bonchev–Trinajstić information content (AvgIpc) is 3.00. The van der Waals surface area contributed by atoms with Gasteiger partial charge in [0.1, 0.15) is 0 Å². The molecule has 28 heavy (non-hydrogen) atoms. The number of carbonyl (C=O) groups is 2. The van der Waals surface area contributed by atoms with Crippen LogP contribution in [0.4, 0.5) is 5.69 Å². The molecule has 0 unspecified atom stereocenters. The maximum Gasteiger partial charge on any atom is 0.241 e. The summed E-state index contributed by atoms with van der Waals surface area (Å²) in [6, 6.07) is 9.55. The lowest BCUT2D eigenvalue weighted by Crippen LogP contribution is -2.48.